The third kappa shape index (κ3) is 10.7. The molecule has 0 saturated carbocycles. The van der Waals surface area contributed by atoms with E-state index in [0.29, 0.717) is 6.04 Å². The number of anilines is 1. The number of thioether (sulfide) groups is 1. The summed E-state index contributed by atoms with van der Waals surface area (Å²) in [6.07, 6.45) is 17.6. The highest BCUT2D eigenvalue weighted by Crippen LogP contribution is 2.48. The summed E-state index contributed by atoms with van der Waals surface area (Å²) in [5, 5.41) is 0. The Morgan fingerprint density at radius 1 is 0.629 bits per heavy atom. The number of nitrogens with zero attached hydrogens (tertiary/aromatic N) is 1. The Kier molecular flexibility index (Phi) is 14.9. The van der Waals surface area contributed by atoms with Gasteiger partial charge >= 0.3 is 0 Å². The Morgan fingerprint density at radius 3 is 1.76 bits per heavy atom. The lowest BCUT2D eigenvalue weighted by molar-refractivity contribution is -0.828. The summed E-state index contributed by atoms with van der Waals surface area (Å²) in [6.45, 7) is 9.27. The number of benzene rings is 3. The van der Waals surface area contributed by atoms with Crippen LogP contribution >= 0.6 is 11.8 Å². The zero-order chi connectivity index (χ0) is 43.6. The molecule has 0 fully saturated rings. The van der Waals surface area contributed by atoms with Gasteiger partial charge in [-0.1, -0.05) is 92.4 Å². The molecule has 0 saturated heterocycles. The topological polar surface area (TPSA) is 7.68 Å². The first-order chi connectivity index (χ1) is 30.2. The molecule has 3 aromatic carbocycles. The number of hydrogen-bond donors (Lipinski definition) is 1. The molecule has 1 N–H and O–H groups in total. The highest BCUT2D eigenvalue weighted by Gasteiger charge is 2.46. The van der Waals surface area contributed by atoms with Crippen molar-refractivity contribution in [2.24, 2.45) is 0 Å². The second kappa shape index (κ2) is 21.2. The molecule has 292 valence electrons. The van der Waals surface area contributed by atoms with Crippen LogP contribution in [0.1, 0.15) is 58.1 Å². The van der Waals surface area contributed by atoms with E-state index in [2.05, 4.69) is 267 Å². The van der Waals surface area contributed by atoms with E-state index in [1.807, 2.05) is 11.8 Å². The van der Waals surface area contributed by atoms with Crippen LogP contribution in [0.5, 0.6) is 0 Å². The Bertz CT molecular complexity index is 3110. The van der Waals surface area contributed by atoms with E-state index in [9.17, 15) is 0 Å². The molecule has 62 heavy (non-hydrogen) atoms. The average molecular weight is 810 g/mol. The van der Waals surface area contributed by atoms with E-state index < -0.39 is 0 Å². The number of para-hydroxylation sites is 2. The van der Waals surface area contributed by atoms with E-state index in [4.69, 9.17) is 6.42 Å². The molecule has 0 spiro atoms. The first-order valence-electron chi connectivity index (χ1n) is 20.1. The van der Waals surface area contributed by atoms with Crippen LogP contribution in [0.25, 0.3) is 0 Å². The first-order valence-corrected chi connectivity index (χ1v) is 20.9. The maximum absolute atomic E-state index is 5.00. The van der Waals surface area contributed by atoms with Crippen molar-refractivity contribution < 1.29 is 4.90 Å². The molecule has 2 heterocycles. The Balaban J connectivity index is 1.23. The number of allylic oxidation sites excluding steroid dienone is 6. The van der Waals surface area contributed by atoms with Crippen LogP contribution in [0.15, 0.2) is 130 Å². The van der Waals surface area contributed by atoms with Gasteiger partial charge in [0.05, 0.1) is 18.2 Å². The van der Waals surface area contributed by atoms with Gasteiger partial charge in [0.1, 0.15) is 11.7 Å². The Hall–Kier alpha value is -8.11. The predicted molar refractivity (Wildman–Crippen MR) is 257 cm³/mol. The summed E-state index contributed by atoms with van der Waals surface area (Å²) in [5.74, 6) is 51.9. The highest BCUT2D eigenvalue weighted by molar-refractivity contribution is 8.03. The second-order valence-electron chi connectivity index (χ2n) is 15.3. The van der Waals surface area contributed by atoms with Crippen LogP contribution in [0.3, 0.4) is 0 Å². The van der Waals surface area contributed by atoms with Gasteiger partial charge in [0.2, 0.25) is 0 Å². The quantitative estimate of drug-likeness (QED) is 0.259. The van der Waals surface area contributed by atoms with Crippen LogP contribution in [0.2, 0.25) is 0 Å². The molecular weight excluding hydrogens is 769 g/mol. The molecule has 1 aliphatic carbocycles. The summed E-state index contributed by atoms with van der Waals surface area (Å²) < 4.78 is 0. The number of fused-ring (bicyclic) bond motifs is 2. The molecule has 0 aromatic heterocycles. The summed E-state index contributed by atoms with van der Waals surface area (Å²) in [7, 11) is 2.30. The summed E-state index contributed by atoms with van der Waals surface area (Å²) >= 11 is 1.87. The number of quaternary nitrogens is 1. The van der Waals surface area contributed by atoms with Crippen LogP contribution in [0, 0.1) is 131 Å². The van der Waals surface area contributed by atoms with Crippen molar-refractivity contribution in [3.05, 3.63) is 136 Å². The molecule has 0 amide bonds. The number of terminal acetylenes is 1. The fraction of sp³-hybridized carbons (Fsp3) is 0.186. The third-order valence-electron chi connectivity index (χ3n) is 10.7. The molecule has 0 bridgehead atoms. The van der Waals surface area contributed by atoms with Gasteiger partial charge < -0.3 is 0 Å². The van der Waals surface area contributed by atoms with Crippen LogP contribution in [0.4, 0.5) is 11.4 Å². The van der Waals surface area contributed by atoms with E-state index >= 15 is 0 Å². The maximum atomic E-state index is 5.00. The van der Waals surface area contributed by atoms with Crippen molar-refractivity contribution >= 4 is 23.1 Å². The fourth-order valence-electron chi connectivity index (χ4n) is 7.80. The van der Waals surface area contributed by atoms with Crippen LogP contribution < -0.4 is 9.80 Å². The van der Waals surface area contributed by atoms with Crippen molar-refractivity contribution in [2.75, 3.05) is 11.9 Å². The Labute approximate surface area is 373 Å². The molecule has 2 atom stereocenters. The van der Waals surface area contributed by atoms with Crippen molar-refractivity contribution in [3.8, 4) is 131 Å². The smallest absolute Gasteiger partial charge is 0.135 e. The number of nitrogens with one attached hydrogen (secondary N) is 1. The lowest BCUT2D eigenvalue weighted by Gasteiger charge is -2.26. The molecule has 3 aromatic rings. The SMILES string of the molecule is C#CC#CC#CC#CC#CC#CC#CC#CC#CC#CC#CN1/C(=C/C=C2\CCCC(/C=C/C3[NH+](C)c4ccccc4C3(C)C)=C2Sc2ccccc2)C(C)(C)c2ccccc21. The minimum absolute atomic E-state index is 0.0256. The first kappa shape index (κ1) is 43.5. The highest BCUT2D eigenvalue weighted by atomic mass is 32.2. The third-order valence-corrected chi connectivity index (χ3v) is 12.0. The molecule has 3 heteroatoms. The number of hydrogen-bond acceptors (Lipinski definition) is 2. The molecule has 6 rings (SSSR count). The lowest BCUT2D eigenvalue weighted by Crippen LogP contribution is -3.07. The predicted octanol–water partition coefficient (Wildman–Crippen LogP) is 8.51. The largest absolute Gasteiger partial charge is 0.298 e. The van der Waals surface area contributed by atoms with Gasteiger partial charge in [-0.15, -0.1) is 6.42 Å². The maximum Gasteiger partial charge on any atom is 0.135 e. The molecule has 0 radical (unpaired) electrons. The fourth-order valence-corrected chi connectivity index (χ4v) is 8.93. The summed E-state index contributed by atoms with van der Waals surface area (Å²) in [6, 6.07) is 31.7. The van der Waals surface area contributed by atoms with Crippen molar-refractivity contribution in [1.29, 1.82) is 0 Å². The molecule has 3 aliphatic rings. The second-order valence-corrected chi connectivity index (χ2v) is 16.3. The van der Waals surface area contributed by atoms with Gasteiger partial charge in [0, 0.05) is 104 Å². The van der Waals surface area contributed by atoms with Gasteiger partial charge in [-0.3, -0.25) is 9.80 Å². The molecule has 2 aliphatic heterocycles. The van der Waals surface area contributed by atoms with E-state index in [0.717, 1.165) is 30.6 Å². The lowest BCUT2D eigenvalue weighted by atomic mass is 9.80. The average Bonchev–Trinajstić information content (AvgIpc) is 3.62. The number of likely N-dealkylation sites (N-methyl/N-ethyl adjacent to an activating group) is 1. The van der Waals surface area contributed by atoms with Gasteiger partial charge in [-0.2, -0.15) is 0 Å². The normalized spacial score (nSPS) is 17.8. The van der Waals surface area contributed by atoms with Gasteiger partial charge in [0.15, 0.2) is 0 Å². The molecular formula is C59H41N2S+. The van der Waals surface area contributed by atoms with Crippen molar-refractivity contribution in [1.82, 2.24) is 0 Å². The minimum atomic E-state index is -0.282. The zero-order valence-corrected chi connectivity index (χ0v) is 36.3. The van der Waals surface area contributed by atoms with Gasteiger partial charge in [0.25, 0.3) is 0 Å². The summed E-state index contributed by atoms with van der Waals surface area (Å²) in [4.78, 5) is 6.08. The van der Waals surface area contributed by atoms with Crippen molar-refractivity contribution in [2.45, 2.75) is 68.7 Å². The zero-order valence-electron chi connectivity index (χ0n) is 35.4. The minimum Gasteiger partial charge on any atom is -0.298 e. The van der Waals surface area contributed by atoms with Crippen LogP contribution in [-0.2, 0) is 10.8 Å². The Morgan fingerprint density at radius 2 is 1.16 bits per heavy atom. The van der Waals surface area contributed by atoms with Crippen molar-refractivity contribution in [3.63, 3.8) is 0 Å². The van der Waals surface area contributed by atoms with E-state index in [1.165, 1.54) is 42.7 Å². The van der Waals surface area contributed by atoms with Crippen LogP contribution in [-0.4, -0.2) is 13.1 Å². The van der Waals surface area contributed by atoms with E-state index in [-0.39, 0.29) is 10.8 Å². The van der Waals surface area contributed by atoms with E-state index in [1.54, 1.807) is 0 Å². The molecule has 2 unspecified atom stereocenters. The van der Waals surface area contributed by atoms with Gasteiger partial charge in [-0.25, -0.2) is 0 Å². The number of rotatable bonds is 5. The standard InChI is InChI=1S/C59H40N2S/c1-7-8-9-10-11-12-13-14-15-16-17-18-19-20-21-22-23-24-25-33-47-61-54-42-32-30-40-52(54)59(4,5)56(61)46-44-49-36-34-35-48(57(49)62-50-37-27-26-28-38-50)43-45-55-58(2,3)51-39-29-31-41-53(51)60(55)6/h1,26-32,37-46,55H,34-36H2,2-6H3/p+1/b45-43+,49-44+,56-46+. The molecule has 2 nitrogen and oxygen atoms in total. The van der Waals surface area contributed by atoms with Gasteiger partial charge in [-0.05, 0) is 134 Å². The monoisotopic (exact) mass is 809 g/mol. The summed E-state index contributed by atoms with van der Waals surface area (Å²) in [5.41, 5.74) is 8.66.